The molecule has 0 radical (unpaired) electrons. The molecule has 5 nitrogen and oxygen atoms in total. The SMILES string of the molecule is CCCOc1nc(N)nc(-c2ccc(F)c(C)c2)n1. The summed E-state index contributed by atoms with van der Waals surface area (Å²) in [6, 6.07) is 4.82. The van der Waals surface area contributed by atoms with Gasteiger partial charge in [-0.3, -0.25) is 0 Å². The number of nitrogens with zero attached hydrogens (tertiary/aromatic N) is 3. The summed E-state index contributed by atoms with van der Waals surface area (Å²) in [7, 11) is 0. The maximum Gasteiger partial charge on any atom is 0.321 e. The van der Waals surface area contributed by atoms with Crippen molar-refractivity contribution in [2.24, 2.45) is 0 Å². The second kappa shape index (κ2) is 5.60. The molecule has 0 aliphatic rings. The van der Waals surface area contributed by atoms with E-state index in [4.69, 9.17) is 10.5 Å². The average Bonchev–Trinajstić information content (AvgIpc) is 2.39. The van der Waals surface area contributed by atoms with Gasteiger partial charge >= 0.3 is 6.01 Å². The molecule has 0 amide bonds. The molecule has 0 aliphatic carbocycles. The summed E-state index contributed by atoms with van der Waals surface area (Å²) in [4.78, 5) is 12.1. The van der Waals surface area contributed by atoms with Crippen LogP contribution < -0.4 is 10.5 Å². The van der Waals surface area contributed by atoms with E-state index < -0.39 is 0 Å². The van der Waals surface area contributed by atoms with Crippen molar-refractivity contribution in [2.75, 3.05) is 12.3 Å². The Morgan fingerprint density at radius 2 is 2.05 bits per heavy atom. The summed E-state index contributed by atoms with van der Waals surface area (Å²) in [5.41, 5.74) is 6.82. The summed E-state index contributed by atoms with van der Waals surface area (Å²) in [5.74, 6) is 0.188. The van der Waals surface area contributed by atoms with E-state index in [-0.39, 0.29) is 17.8 Å². The van der Waals surface area contributed by atoms with Gasteiger partial charge in [0.05, 0.1) is 6.61 Å². The molecule has 6 heteroatoms. The number of anilines is 1. The first-order valence-electron chi connectivity index (χ1n) is 6.01. The maximum absolute atomic E-state index is 13.2. The van der Waals surface area contributed by atoms with E-state index in [0.717, 1.165) is 6.42 Å². The third-order valence-corrected chi connectivity index (χ3v) is 2.48. The lowest BCUT2D eigenvalue weighted by molar-refractivity contribution is 0.292. The van der Waals surface area contributed by atoms with Gasteiger partial charge in [-0.1, -0.05) is 6.92 Å². The van der Waals surface area contributed by atoms with Crippen LogP contribution in [0.3, 0.4) is 0 Å². The van der Waals surface area contributed by atoms with E-state index in [2.05, 4.69) is 15.0 Å². The number of aromatic nitrogens is 3. The van der Waals surface area contributed by atoms with Crippen LogP contribution >= 0.6 is 0 Å². The molecular weight excluding hydrogens is 247 g/mol. The summed E-state index contributed by atoms with van der Waals surface area (Å²) in [6.07, 6.45) is 0.844. The molecule has 0 fully saturated rings. The number of nitrogens with two attached hydrogens (primary N) is 1. The summed E-state index contributed by atoms with van der Waals surface area (Å²) in [6.45, 7) is 4.16. The van der Waals surface area contributed by atoms with Crippen molar-refractivity contribution in [3.8, 4) is 17.4 Å². The first-order valence-corrected chi connectivity index (χ1v) is 6.01. The van der Waals surface area contributed by atoms with Gasteiger partial charge in [0.1, 0.15) is 5.82 Å². The van der Waals surface area contributed by atoms with E-state index in [0.29, 0.717) is 23.6 Å². The largest absolute Gasteiger partial charge is 0.463 e. The number of nitrogen functional groups attached to an aromatic ring is 1. The number of ether oxygens (including phenoxy) is 1. The molecule has 2 N–H and O–H groups in total. The zero-order valence-electron chi connectivity index (χ0n) is 10.9. The molecule has 0 unspecified atom stereocenters. The Morgan fingerprint density at radius 3 is 2.74 bits per heavy atom. The van der Waals surface area contributed by atoms with Gasteiger partial charge in [-0.05, 0) is 37.1 Å². The molecule has 0 bridgehead atoms. The predicted octanol–water partition coefficient (Wildman–Crippen LogP) is 2.36. The van der Waals surface area contributed by atoms with Crippen molar-refractivity contribution in [3.63, 3.8) is 0 Å². The van der Waals surface area contributed by atoms with Gasteiger partial charge in [-0.15, -0.1) is 0 Å². The van der Waals surface area contributed by atoms with E-state index in [9.17, 15) is 4.39 Å². The first-order chi connectivity index (χ1) is 9.10. The summed E-state index contributed by atoms with van der Waals surface area (Å²) in [5, 5.41) is 0. The van der Waals surface area contributed by atoms with Gasteiger partial charge in [0.15, 0.2) is 5.82 Å². The highest BCUT2D eigenvalue weighted by Gasteiger charge is 2.09. The van der Waals surface area contributed by atoms with Gasteiger partial charge in [-0.25, -0.2) is 4.39 Å². The van der Waals surface area contributed by atoms with E-state index in [1.165, 1.54) is 6.07 Å². The normalized spacial score (nSPS) is 10.5. The highest BCUT2D eigenvalue weighted by Crippen LogP contribution is 2.20. The Morgan fingerprint density at radius 1 is 1.26 bits per heavy atom. The van der Waals surface area contributed by atoms with E-state index in [1.807, 2.05) is 6.92 Å². The second-order valence-corrected chi connectivity index (χ2v) is 4.11. The molecule has 1 heterocycles. The first kappa shape index (κ1) is 13.2. The lowest BCUT2D eigenvalue weighted by Crippen LogP contribution is -2.05. The number of benzene rings is 1. The van der Waals surface area contributed by atoms with E-state index in [1.54, 1.807) is 19.1 Å². The standard InChI is InChI=1S/C13H15FN4O/c1-3-6-19-13-17-11(16-12(15)18-13)9-4-5-10(14)8(2)7-9/h4-5,7H,3,6H2,1-2H3,(H2,15,16,17,18). The smallest absolute Gasteiger partial charge is 0.321 e. The van der Waals surface area contributed by atoms with Gasteiger partial charge in [0, 0.05) is 5.56 Å². The molecular formula is C13H15FN4O. The highest BCUT2D eigenvalue weighted by molar-refractivity contribution is 5.57. The monoisotopic (exact) mass is 262 g/mol. The van der Waals surface area contributed by atoms with Crippen molar-refractivity contribution in [1.29, 1.82) is 0 Å². The van der Waals surface area contributed by atoms with Crippen LogP contribution in [0.25, 0.3) is 11.4 Å². The predicted molar refractivity (Wildman–Crippen MR) is 70.2 cm³/mol. The van der Waals surface area contributed by atoms with Gasteiger partial charge in [-0.2, -0.15) is 15.0 Å². The molecule has 2 rings (SSSR count). The zero-order valence-corrected chi connectivity index (χ0v) is 10.9. The van der Waals surface area contributed by atoms with E-state index >= 15 is 0 Å². The molecule has 0 spiro atoms. The quantitative estimate of drug-likeness (QED) is 0.915. The van der Waals surface area contributed by atoms with Crippen LogP contribution in [0.15, 0.2) is 18.2 Å². The molecule has 0 saturated carbocycles. The lowest BCUT2D eigenvalue weighted by Gasteiger charge is -2.06. The van der Waals surface area contributed by atoms with Crippen LogP contribution in [0.1, 0.15) is 18.9 Å². The van der Waals surface area contributed by atoms with Crippen molar-refractivity contribution in [3.05, 3.63) is 29.6 Å². The van der Waals surface area contributed by atoms with Crippen molar-refractivity contribution >= 4 is 5.95 Å². The minimum Gasteiger partial charge on any atom is -0.463 e. The van der Waals surface area contributed by atoms with Crippen molar-refractivity contribution in [2.45, 2.75) is 20.3 Å². The van der Waals surface area contributed by atoms with Crippen LogP contribution in [0.2, 0.25) is 0 Å². The summed E-state index contributed by atoms with van der Waals surface area (Å²) >= 11 is 0. The number of rotatable bonds is 4. The van der Waals surface area contributed by atoms with Crippen LogP contribution in [-0.2, 0) is 0 Å². The fourth-order valence-electron chi connectivity index (χ4n) is 1.54. The van der Waals surface area contributed by atoms with Crippen LogP contribution in [-0.4, -0.2) is 21.6 Å². The Balaban J connectivity index is 2.37. The molecule has 1 aromatic carbocycles. The number of hydrogen-bond donors (Lipinski definition) is 1. The fourth-order valence-corrected chi connectivity index (χ4v) is 1.54. The molecule has 2 aromatic rings. The fraction of sp³-hybridized carbons (Fsp3) is 0.308. The summed E-state index contributed by atoms with van der Waals surface area (Å²) < 4.78 is 18.6. The third kappa shape index (κ3) is 3.15. The van der Waals surface area contributed by atoms with Gasteiger partial charge in [0.2, 0.25) is 5.95 Å². The molecule has 0 saturated heterocycles. The molecule has 0 atom stereocenters. The Kier molecular flexibility index (Phi) is 3.89. The maximum atomic E-state index is 13.2. The van der Waals surface area contributed by atoms with Crippen LogP contribution in [0, 0.1) is 12.7 Å². The molecule has 100 valence electrons. The highest BCUT2D eigenvalue weighted by atomic mass is 19.1. The Bertz CT molecular complexity index is 589. The number of halogens is 1. The number of aryl methyl sites for hydroxylation is 1. The minimum atomic E-state index is -0.270. The third-order valence-electron chi connectivity index (χ3n) is 2.48. The van der Waals surface area contributed by atoms with Crippen molar-refractivity contribution in [1.82, 2.24) is 15.0 Å². The molecule has 19 heavy (non-hydrogen) atoms. The van der Waals surface area contributed by atoms with Crippen LogP contribution in [0.4, 0.5) is 10.3 Å². The van der Waals surface area contributed by atoms with Gasteiger partial charge < -0.3 is 10.5 Å². The Hall–Kier alpha value is -2.24. The topological polar surface area (TPSA) is 73.9 Å². The minimum absolute atomic E-state index is 0.0816. The molecule has 0 aliphatic heterocycles. The van der Waals surface area contributed by atoms with Crippen LogP contribution in [0.5, 0.6) is 6.01 Å². The molecule has 1 aromatic heterocycles. The average molecular weight is 262 g/mol. The lowest BCUT2D eigenvalue weighted by atomic mass is 10.1. The number of hydrogen-bond acceptors (Lipinski definition) is 5. The van der Waals surface area contributed by atoms with Gasteiger partial charge in [0.25, 0.3) is 0 Å². The zero-order chi connectivity index (χ0) is 13.8. The Labute approximate surface area is 110 Å². The van der Waals surface area contributed by atoms with Crippen molar-refractivity contribution < 1.29 is 9.13 Å². The second-order valence-electron chi connectivity index (χ2n) is 4.11.